The predicted molar refractivity (Wildman–Crippen MR) is 68.5 cm³/mol. The first-order valence-electron chi connectivity index (χ1n) is 4.93. The summed E-state index contributed by atoms with van der Waals surface area (Å²) >= 11 is 5.36. The van der Waals surface area contributed by atoms with Crippen LogP contribution in [0.2, 0.25) is 0 Å². The molecule has 1 aliphatic rings. The summed E-state index contributed by atoms with van der Waals surface area (Å²) in [5.41, 5.74) is 0. The molecule has 0 aliphatic carbocycles. The van der Waals surface area contributed by atoms with Crippen LogP contribution in [0.5, 0.6) is 0 Å². The number of rotatable bonds is 1. The van der Waals surface area contributed by atoms with Crippen LogP contribution in [0.4, 0.5) is 5.95 Å². The third-order valence-electron chi connectivity index (χ3n) is 2.32. The van der Waals surface area contributed by atoms with Crippen LogP contribution in [-0.4, -0.2) is 33.6 Å². The second-order valence-corrected chi connectivity index (χ2v) is 6.95. The van der Waals surface area contributed by atoms with Crippen LogP contribution in [-0.2, 0) is 0 Å². The first-order chi connectivity index (χ1) is 7.07. The molecule has 0 radical (unpaired) electrons. The monoisotopic (exact) mass is 287 g/mol. The van der Waals surface area contributed by atoms with Gasteiger partial charge in [0.1, 0.15) is 0 Å². The van der Waals surface area contributed by atoms with Crippen molar-refractivity contribution in [1.29, 1.82) is 0 Å². The van der Waals surface area contributed by atoms with E-state index in [2.05, 4.69) is 44.6 Å². The summed E-state index contributed by atoms with van der Waals surface area (Å²) in [6.45, 7) is 6.58. The van der Waals surface area contributed by atoms with Crippen LogP contribution in [0.3, 0.4) is 0 Å². The van der Waals surface area contributed by atoms with Gasteiger partial charge >= 0.3 is 0 Å². The van der Waals surface area contributed by atoms with Gasteiger partial charge in [-0.15, -0.1) is 0 Å². The molecule has 0 atom stereocenters. The van der Waals surface area contributed by atoms with Gasteiger partial charge in [-0.2, -0.15) is 11.8 Å². The molecule has 0 bridgehead atoms. The van der Waals surface area contributed by atoms with Gasteiger partial charge in [0.25, 0.3) is 0 Å². The SMILES string of the molecule is CC1(C)CN(c2ncc(Br)cn2)CCS1. The molecule has 0 amide bonds. The molecule has 82 valence electrons. The fourth-order valence-corrected chi connectivity index (χ4v) is 2.97. The number of hydrogen-bond acceptors (Lipinski definition) is 4. The van der Waals surface area contributed by atoms with E-state index >= 15 is 0 Å². The predicted octanol–water partition coefficient (Wildman–Crippen LogP) is 2.57. The lowest BCUT2D eigenvalue weighted by atomic mass is 10.2. The minimum atomic E-state index is 0.300. The van der Waals surface area contributed by atoms with Crippen LogP contribution in [0, 0.1) is 0 Å². The topological polar surface area (TPSA) is 29.0 Å². The van der Waals surface area contributed by atoms with Gasteiger partial charge in [-0.25, -0.2) is 9.97 Å². The molecule has 1 aliphatic heterocycles. The molecule has 2 rings (SSSR count). The van der Waals surface area contributed by atoms with Gasteiger partial charge in [-0.1, -0.05) is 0 Å². The third kappa shape index (κ3) is 2.84. The third-order valence-corrected chi connectivity index (χ3v) is 4.02. The standard InChI is InChI=1S/C10H14BrN3S/c1-10(2)7-14(3-4-15-10)9-12-5-8(11)6-13-9/h5-6H,3-4,7H2,1-2H3. The maximum absolute atomic E-state index is 4.33. The van der Waals surface area contributed by atoms with Crippen LogP contribution >= 0.6 is 27.7 Å². The highest BCUT2D eigenvalue weighted by atomic mass is 79.9. The van der Waals surface area contributed by atoms with Crippen molar-refractivity contribution in [3.8, 4) is 0 Å². The highest BCUT2D eigenvalue weighted by Crippen LogP contribution is 2.30. The van der Waals surface area contributed by atoms with E-state index in [1.807, 2.05) is 11.8 Å². The van der Waals surface area contributed by atoms with Crippen molar-refractivity contribution in [2.24, 2.45) is 0 Å². The molecule has 0 saturated carbocycles. The Labute approximate surface area is 103 Å². The zero-order valence-electron chi connectivity index (χ0n) is 8.90. The Morgan fingerprint density at radius 2 is 2.07 bits per heavy atom. The van der Waals surface area contributed by atoms with E-state index in [1.54, 1.807) is 12.4 Å². The molecule has 1 aromatic heterocycles. The van der Waals surface area contributed by atoms with Crippen LogP contribution in [0.1, 0.15) is 13.8 Å². The highest BCUT2D eigenvalue weighted by molar-refractivity contribution is 9.10. The maximum Gasteiger partial charge on any atom is 0.225 e. The lowest BCUT2D eigenvalue weighted by molar-refractivity contribution is 0.635. The quantitative estimate of drug-likeness (QED) is 0.794. The number of nitrogens with zero attached hydrogens (tertiary/aromatic N) is 3. The fraction of sp³-hybridized carbons (Fsp3) is 0.600. The Balaban J connectivity index is 2.13. The van der Waals surface area contributed by atoms with E-state index < -0.39 is 0 Å². The van der Waals surface area contributed by atoms with Crippen LogP contribution in [0.15, 0.2) is 16.9 Å². The molecule has 15 heavy (non-hydrogen) atoms. The smallest absolute Gasteiger partial charge is 0.225 e. The van der Waals surface area contributed by atoms with Gasteiger partial charge in [0.05, 0.1) is 4.47 Å². The first-order valence-corrected chi connectivity index (χ1v) is 6.71. The zero-order valence-corrected chi connectivity index (χ0v) is 11.3. The van der Waals surface area contributed by atoms with Gasteiger partial charge in [-0.3, -0.25) is 0 Å². The summed E-state index contributed by atoms with van der Waals surface area (Å²) in [6, 6.07) is 0. The van der Waals surface area contributed by atoms with Crippen LogP contribution < -0.4 is 4.90 Å². The Morgan fingerprint density at radius 1 is 1.40 bits per heavy atom. The van der Waals surface area contributed by atoms with Gasteiger partial charge in [0.2, 0.25) is 5.95 Å². The molecule has 1 saturated heterocycles. The van der Waals surface area contributed by atoms with Crippen molar-refractivity contribution in [3.63, 3.8) is 0 Å². The summed E-state index contributed by atoms with van der Waals surface area (Å²) in [7, 11) is 0. The molecular formula is C10H14BrN3S. The van der Waals surface area contributed by atoms with Crippen molar-refractivity contribution in [3.05, 3.63) is 16.9 Å². The molecule has 0 N–H and O–H groups in total. The Bertz CT molecular complexity index is 339. The normalized spacial score (nSPS) is 20.3. The van der Waals surface area contributed by atoms with E-state index in [-0.39, 0.29) is 0 Å². The Hall–Kier alpha value is -0.290. The van der Waals surface area contributed by atoms with Crippen molar-refractivity contribution < 1.29 is 0 Å². The number of hydrogen-bond donors (Lipinski definition) is 0. The maximum atomic E-state index is 4.33. The number of aromatic nitrogens is 2. The minimum absolute atomic E-state index is 0.300. The van der Waals surface area contributed by atoms with Gasteiger partial charge in [-0.05, 0) is 29.8 Å². The van der Waals surface area contributed by atoms with E-state index in [1.165, 1.54) is 0 Å². The van der Waals surface area contributed by atoms with E-state index in [0.717, 1.165) is 29.3 Å². The molecule has 1 fully saturated rings. The van der Waals surface area contributed by atoms with E-state index in [9.17, 15) is 0 Å². The average Bonchev–Trinajstić information content (AvgIpc) is 2.17. The molecular weight excluding hydrogens is 274 g/mol. The second kappa shape index (κ2) is 4.29. The van der Waals surface area contributed by atoms with Gasteiger partial charge < -0.3 is 4.90 Å². The molecule has 0 unspecified atom stereocenters. The molecule has 0 spiro atoms. The minimum Gasteiger partial charge on any atom is -0.339 e. The van der Waals surface area contributed by atoms with Crippen molar-refractivity contribution in [2.75, 3.05) is 23.7 Å². The number of thioether (sulfide) groups is 1. The van der Waals surface area contributed by atoms with Crippen molar-refractivity contribution in [1.82, 2.24) is 9.97 Å². The summed E-state index contributed by atoms with van der Waals surface area (Å²) in [5, 5.41) is 0. The summed E-state index contributed by atoms with van der Waals surface area (Å²) < 4.78 is 1.23. The summed E-state index contributed by atoms with van der Waals surface area (Å²) in [6.07, 6.45) is 3.61. The second-order valence-electron chi connectivity index (χ2n) is 4.23. The van der Waals surface area contributed by atoms with E-state index in [0.29, 0.717) is 4.75 Å². The molecule has 5 heteroatoms. The largest absolute Gasteiger partial charge is 0.339 e. The lowest BCUT2D eigenvalue weighted by Gasteiger charge is -2.37. The van der Waals surface area contributed by atoms with Gasteiger partial charge in [0, 0.05) is 36.0 Å². The highest BCUT2D eigenvalue weighted by Gasteiger charge is 2.28. The summed E-state index contributed by atoms with van der Waals surface area (Å²) in [5.74, 6) is 1.98. The molecule has 3 nitrogen and oxygen atoms in total. The Morgan fingerprint density at radius 3 is 2.67 bits per heavy atom. The van der Waals surface area contributed by atoms with Crippen molar-refractivity contribution >= 4 is 33.6 Å². The molecule has 0 aromatic carbocycles. The van der Waals surface area contributed by atoms with Crippen LogP contribution in [0.25, 0.3) is 0 Å². The van der Waals surface area contributed by atoms with Crippen molar-refractivity contribution in [2.45, 2.75) is 18.6 Å². The summed E-state index contributed by atoms with van der Waals surface area (Å²) in [4.78, 5) is 10.9. The molecule has 1 aromatic rings. The number of halogens is 1. The fourth-order valence-electron chi connectivity index (χ4n) is 1.66. The lowest BCUT2D eigenvalue weighted by Crippen LogP contribution is -2.43. The first kappa shape index (κ1) is 11.2. The van der Waals surface area contributed by atoms with E-state index in [4.69, 9.17) is 0 Å². The zero-order chi connectivity index (χ0) is 10.9. The average molecular weight is 288 g/mol. The Kier molecular flexibility index (Phi) is 3.21. The molecule has 2 heterocycles. The number of anilines is 1. The van der Waals surface area contributed by atoms with Gasteiger partial charge in [0.15, 0.2) is 0 Å².